The van der Waals surface area contributed by atoms with E-state index in [-0.39, 0.29) is 13.2 Å². The van der Waals surface area contributed by atoms with E-state index in [2.05, 4.69) is 16.8 Å². The summed E-state index contributed by atoms with van der Waals surface area (Å²) in [5, 5.41) is 28.1. The number of ether oxygens (including phenoxy) is 1. The molecule has 0 amide bonds. The Hall–Kier alpha value is -0.330. The second-order valence-corrected chi connectivity index (χ2v) is 7.87. The fraction of sp³-hybridized carbons (Fsp3) is 1.00. The van der Waals surface area contributed by atoms with Gasteiger partial charge in [0.2, 0.25) is 10.4 Å². The summed E-state index contributed by atoms with van der Waals surface area (Å²) in [5.41, 5.74) is 3.57. The molecule has 0 fully saturated rings. The first-order chi connectivity index (χ1) is 12.6. The molecule has 9 nitrogen and oxygen atoms in total. The highest BCUT2D eigenvalue weighted by atomic mass is 32.3. The summed E-state index contributed by atoms with van der Waals surface area (Å²) in [6, 6.07) is 0. The van der Waals surface area contributed by atoms with Crippen LogP contribution >= 0.6 is 0 Å². The Morgan fingerprint density at radius 3 is 2.00 bits per heavy atom. The van der Waals surface area contributed by atoms with Gasteiger partial charge in [0.05, 0.1) is 19.8 Å². The molecule has 0 aliphatic carbocycles. The summed E-state index contributed by atoms with van der Waals surface area (Å²) in [7, 11) is -3.60. The zero-order chi connectivity index (χ0) is 21.2. The van der Waals surface area contributed by atoms with Crippen molar-refractivity contribution in [2.45, 2.75) is 76.4 Å². The predicted octanol–water partition coefficient (Wildman–Crippen LogP) is -0.0470. The minimum atomic E-state index is -4.41. The zero-order valence-electron chi connectivity index (χ0n) is 16.8. The van der Waals surface area contributed by atoms with Crippen molar-refractivity contribution >= 4 is 10.4 Å². The van der Waals surface area contributed by atoms with Crippen LogP contribution in [0.3, 0.4) is 0 Å². The van der Waals surface area contributed by atoms with Crippen LogP contribution in [0.15, 0.2) is 0 Å². The molecule has 0 rings (SSSR count). The Labute approximate surface area is 163 Å². The quantitative estimate of drug-likeness (QED) is 0.154. The molecular formula is C17H39NO8S. The Morgan fingerprint density at radius 2 is 1.56 bits per heavy atom. The molecule has 0 saturated carbocycles. The number of hydrogen-bond acceptors (Lipinski definition) is 8. The van der Waals surface area contributed by atoms with E-state index in [1.165, 1.54) is 32.1 Å². The molecule has 0 aliphatic heterocycles. The van der Waals surface area contributed by atoms with Gasteiger partial charge in [0.1, 0.15) is 5.54 Å². The van der Waals surface area contributed by atoms with E-state index in [0.717, 1.165) is 13.5 Å². The standard InChI is InChI=1S/C16H35NO4.CH4O4S/c1-2-3-4-5-6-7-12-21-14-15(20)13-16(17,8-10-18)9-11-19;1-5-6(2,3)4/h15,18-20H,2-14,17H2,1H3;1H3,(H,2,3,4). The molecule has 10 heteroatoms. The van der Waals surface area contributed by atoms with Crippen LogP contribution < -0.4 is 5.73 Å². The maximum atomic E-state index is 9.98. The van der Waals surface area contributed by atoms with Gasteiger partial charge in [-0.05, 0) is 6.42 Å². The number of aliphatic hydroxyl groups is 3. The van der Waals surface area contributed by atoms with Crippen molar-refractivity contribution in [3.05, 3.63) is 0 Å². The van der Waals surface area contributed by atoms with E-state index in [1.54, 1.807) is 0 Å². The Balaban J connectivity index is 0. The van der Waals surface area contributed by atoms with Crippen LogP contribution in [-0.2, 0) is 19.3 Å². The van der Waals surface area contributed by atoms with Crippen molar-refractivity contribution in [1.82, 2.24) is 0 Å². The average molecular weight is 418 g/mol. The number of aliphatic hydroxyl groups excluding tert-OH is 3. The van der Waals surface area contributed by atoms with Crippen LogP contribution in [0, 0.1) is 0 Å². The smallest absolute Gasteiger partial charge is 0.217 e. The minimum Gasteiger partial charge on any atom is -0.726 e. The number of rotatable bonds is 16. The molecule has 27 heavy (non-hydrogen) atoms. The topological polar surface area (TPSA) is 164 Å². The molecule has 0 aliphatic rings. The first-order valence-electron chi connectivity index (χ1n) is 9.48. The number of hydrogen-bond donors (Lipinski definition) is 4. The SMILES string of the molecule is CCCCCCCCOCC(O)CC([NH3+])(CCO)CCO.COS(=O)(=O)[O-]. The van der Waals surface area contributed by atoms with Crippen molar-refractivity contribution in [2.24, 2.45) is 0 Å². The summed E-state index contributed by atoms with van der Waals surface area (Å²) in [4.78, 5) is 0. The van der Waals surface area contributed by atoms with Crippen molar-refractivity contribution in [3.63, 3.8) is 0 Å². The second-order valence-electron chi connectivity index (χ2n) is 6.72. The van der Waals surface area contributed by atoms with E-state index in [1.807, 2.05) is 0 Å². The van der Waals surface area contributed by atoms with E-state index >= 15 is 0 Å². The molecule has 166 valence electrons. The van der Waals surface area contributed by atoms with Crippen molar-refractivity contribution in [3.8, 4) is 0 Å². The summed E-state index contributed by atoms with van der Waals surface area (Å²) < 4.78 is 36.5. The molecule has 0 saturated heterocycles. The van der Waals surface area contributed by atoms with Crippen molar-refractivity contribution in [2.75, 3.05) is 33.5 Å². The average Bonchev–Trinajstić information content (AvgIpc) is 2.57. The summed E-state index contributed by atoms with van der Waals surface area (Å²) in [6.45, 7) is 3.25. The maximum Gasteiger partial charge on any atom is 0.217 e. The summed E-state index contributed by atoms with van der Waals surface area (Å²) in [6.07, 6.45) is 8.19. The van der Waals surface area contributed by atoms with Crippen LogP contribution in [0.4, 0.5) is 0 Å². The third-order valence-electron chi connectivity index (χ3n) is 4.11. The molecule has 0 bridgehead atoms. The summed E-state index contributed by atoms with van der Waals surface area (Å²) >= 11 is 0. The van der Waals surface area contributed by atoms with Gasteiger partial charge >= 0.3 is 0 Å². The lowest BCUT2D eigenvalue weighted by atomic mass is 9.87. The molecule has 0 aromatic heterocycles. The second kappa shape index (κ2) is 17.7. The monoisotopic (exact) mass is 417 g/mol. The van der Waals surface area contributed by atoms with Gasteiger partial charge in [0.15, 0.2) is 0 Å². The number of quaternary nitrogens is 1. The van der Waals surface area contributed by atoms with Gasteiger partial charge in [-0.1, -0.05) is 39.0 Å². The van der Waals surface area contributed by atoms with Gasteiger partial charge in [-0.25, -0.2) is 8.42 Å². The van der Waals surface area contributed by atoms with E-state index in [9.17, 15) is 18.1 Å². The fourth-order valence-corrected chi connectivity index (χ4v) is 2.57. The zero-order valence-corrected chi connectivity index (χ0v) is 17.6. The van der Waals surface area contributed by atoms with Gasteiger partial charge in [0, 0.05) is 39.1 Å². The molecule has 6 N–H and O–H groups in total. The lowest BCUT2D eigenvalue weighted by Crippen LogP contribution is -2.74. The van der Waals surface area contributed by atoms with Crippen molar-refractivity contribution < 1.29 is 42.9 Å². The summed E-state index contributed by atoms with van der Waals surface area (Å²) in [5.74, 6) is 0. The minimum absolute atomic E-state index is 0.0227. The Morgan fingerprint density at radius 1 is 1.07 bits per heavy atom. The largest absolute Gasteiger partial charge is 0.726 e. The van der Waals surface area contributed by atoms with Gasteiger partial charge < -0.3 is 30.3 Å². The van der Waals surface area contributed by atoms with Crippen LogP contribution in [0.1, 0.15) is 64.7 Å². The van der Waals surface area contributed by atoms with Crippen LogP contribution in [0.2, 0.25) is 0 Å². The van der Waals surface area contributed by atoms with E-state index in [4.69, 9.17) is 14.9 Å². The van der Waals surface area contributed by atoms with E-state index in [0.29, 0.717) is 32.5 Å². The third kappa shape index (κ3) is 21.8. The lowest BCUT2D eigenvalue weighted by Gasteiger charge is -2.27. The maximum absolute atomic E-state index is 9.98. The molecule has 0 heterocycles. The normalized spacial score (nSPS) is 13.1. The highest BCUT2D eigenvalue weighted by molar-refractivity contribution is 7.80. The van der Waals surface area contributed by atoms with E-state index < -0.39 is 22.0 Å². The van der Waals surface area contributed by atoms with Gasteiger partial charge in [-0.2, -0.15) is 0 Å². The fourth-order valence-electron chi connectivity index (χ4n) is 2.57. The predicted molar refractivity (Wildman–Crippen MR) is 101 cm³/mol. The van der Waals surface area contributed by atoms with Gasteiger partial charge in [-0.3, -0.25) is 4.18 Å². The lowest BCUT2D eigenvalue weighted by molar-refractivity contribution is -0.488. The molecule has 0 aromatic rings. The van der Waals surface area contributed by atoms with Crippen LogP contribution in [0.25, 0.3) is 0 Å². The Bertz CT molecular complexity index is 413. The first-order valence-corrected chi connectivity index (χ1v) is 10.8. The van der Waals surface area contributed by atoms with Gasteiger partial charge in [-0.15, -0.1) is 0 Å². The molecule has 1 unspecified atom stereocenters. The van der Waals surface area contributed by atoms with Crippen LogP contribution in [0.5, 0.6) is 0 Å². The molecule has 0 radical (unpaired) electrons. The third-order valence-corrected chi connectivity index (χ3v) is 4.52. The molecule has 0 aromatic carbocycles. The van der Waals surface area contributed by atoms with Crippen LogP contribution in [-0.4, -0.2) is 73.5 Å². The highest BCUT2D eigenvalue weighted by Crippen LogP contribution is 2.16. The first kappa shape index (κ1) is 28.9. The molecule has 0 spiro atoms. The number of unbranched alkanes of at least 4 members (excludes halogenated alkanes) is 5. The Kier molecular flexibility index (Phi) is 19.0. The molecule has 1 atom stereocenters. The molecular weight excluding hydrogens is 378 g/mol. The van der Waals surface area contributed by atoms with Crippen molar-refractivity contribution in [1.29, 1.82) is 0 Å². The van der Waals surface area contributed by atoms with Gasteiger partial charge in [0.25, 0.3) is 0 Å². The highest BCUT2D eigenvalue weighted by Gasteiger charge is 2.31.